The van der Waals surface area contributed by atoms with Crippen molar-refractivity contribution in [2.24, 2.45) is 9.98 Å². The first-order chi connectivity index (χ1) is 15.5. The summed E-state index contributed by atoms with van der Waals surface area (Å²) in [5.74, 6) is 0.0884. The summed E-state index contributed by atoms with van der Waals surface area (Å²) in [4.78, 5) is 9.02. The van der Waals surface area contributed by atoms with Gasteiger partial charge in [-0.25, -0.2) is 0 Å². The number of aliphatic imine (C=N–C) groups is 2. The molecule has 0 atom stereocenters. The smallest absolute Gasteiger partial charge is 0.872 e. The Morgan fingerprint density at radius 3 is 1.36 bits per heavy atom. The maximum Gasteiger partial charge on any atom is 2.00 e. The summed E-state index contributed by atoms with van der Waals surface area (Å²) in [6, 6.07) is 11.2. The summed E-state index contributed by atoms with van der Waals surface area (Å²) in [6.45, 7) is 0. The molecule has 0 heterocycles. The van der Waals surface area contributed by atoms with Crippen LogP contribution >= 0.6 is 31.9 Å². The van der Waals surface area contributed by atoms with Crippen LogP contribution in [0.2, 0.25) is 0 Å². The van der Waals surface area contributed by atoms with Gasteiger partial charge in [-0.1, -0.05) is 94.0 Å². The zero-order chi connectivity index (χ0) is 22.8. The van der Waals surface area contributed by atoms with Crippen LogP contribution in [-0.4, -0.2) is 24.5 Å². The van der Waals surface area contributed by atoms with Crippen LogP contribution < -0.4 is 10.2 Å². The van der Waals surface area contributed by atoms with Crippen LogP contribution in [0.1, 0.15) is 75.3 Å². The molecule has 0 unspecified atom stereocenters. The molecule has 0 saturated heterocycles. The van der Waals surface area contributed by atoms with E-state index >= 15 is 0 Å². The summed E-state index contributed by atoms with van der Waals surface area (Å²) in [5.41, 5.74) is 1.36. The summed E-state index contributed by atoms with van der Waals surface area (Å²) in [5, 5.41) is 23.1. The Morgan fingerprint density at radius 2 is 1.00 bits per heavy atom. The molecule has 1 radical (unpaired) electrons. The summed E-state index contributed by atoms with van der Waals surface area (Å²) >= 11 is 6.72. The van der Waals surface area contributed by atoms with Crippen LogP contribution in [-0.2, 0) is 16.8 Å². The number of nitrogens with zero attached hydrogens (tertiary/aromatic N) is 2. The molecule has 0 aromatic heterocycles. The van der Waals surface area contributed by atoms with Crippen molar-refractivity contribution >= 4 is 44.3 Å². The molecule has 0 amide bonds. The standard InChI is InChI=1S/2C13H16BrNO.Co/c2*14-11-6-7-13(16)10(8-11)9-15-12-4-2-1-3-5-12;/h2*6-9,12,16H,1-5H2;/q;;+2/p-2. The largest absolute Gasteiger partial charge is 2.00 e. The minimum Gasteiger partial charge on any atom is -0.872 e. The van der Waals surface area contributed by atoms with Gasteiger partial charge in [-0.15, -0.1) is 0 Å². The van der Waals surface area contributed by atoms with Gasteiger partial charge >= 0.3 is 16.8 Å². The first-order valence-corrected chi connectivity index (χ1v) is 13.1. The van der Waals surface area contributed by atoms with Crippen LogP contribution in [0.25, 0.3) is 0 Å². The molecule has 0 N–H and O–H groups in total. The Kier molecular flexibility index (Phi) is 12.7. The predicted molar refractivity (Wildman–Crippen MR) is 136 cm³/mol. The number of hydrogen-bond donors (Lipinski definition) is 0. The van der Waals surface area contributed by atoms with E-state index in [9.17, 15) is 10.2 Å². The van der Waals surface area contributed by atoms with Gasteiger partial charge in [0.15, 0.2) is 0 Å². The number of benzene rings is 2. The minimum absolute atomic E-state index is 0. The fourth-order valence-corrected chi connectivity index (χ4v) is 4.83. The Bertz CT molecular complexity index is 849. The van der Waals surface area contributed by atoms with Crippen molar-refractivity contribution in [3.63, 3.8) is 0 Å². The van der Waals surface area contributed by atoms with E-state index in [4.69, 9.17) is 0 Å². The van der Waals surface area contributed by atoms with Crippen LogP contribution in [0.15, 0.2) is 55.3 Å². The Balaban J connectivity index is 0.000000227. The molecule has 0 spiro atoms. The van der Waals surface area contributed by atoms with Gasteiger partial charge in [0, 0.05) is 33.5 Å². The molecular weight excluding hydrogens is 591 g/mol. The van der Waals surface area contributed by atoms with Crippen molar-refractivity contribution in [2.45, 2.75) is 76.3 Å². The van der Waals surface area contributed by atoms with Crippen molar-refractivity contribution in [2.75, 3.05) is 0 Å². The van der Waals surface area contributed by atoms with Gasteiger partial charge < -0.3 is 10.2 Å². The van der Waals surface area contributed by atoms with E-state index in [0.717, 1.165) is 8.95 Å². The third-order valence-electron chi connectivity index (χ3n) is 5.94. The maximum atomic E-state index is 11.5. The summed E-state index contributed by atoms with van der Waals surface area (Å²) < 4.78 is 1.86. The molecule has 2 fully saturated rings. The second-order valence-electron chi connectivity index (χ2n) is 8.50. The predicted octanol–water partition coefficient (Wildman–Crippen LogP) is 6.55. The van der Waals surface area contributed by atoms with Gasteiger partial charge in [0.2, 0.25) is 0 Å². The van der Waals surface area contributed by atoms with E-state index in [2.05, 4.69) is 41.8 Å². The fourth-order valence-electron chi connectivity index (χ4n) is 4.07. The molecule has 2 aliphatic carbocycles. The van der Waals surface area contributed by atoms with Gasteiger partial charge in [-0.3, -0.25) is 9.98 Å². The molecule has 4 rings (SSSR count). The molecule has 0 aliphatic heterocycles. The van der Waals surface area contributed by atoms with Crippen molar-refractivity contribution in [3.8, 4) is 11.5 Å². The summed E-state index contributed by atoms with van der Waals surface area (Å²) in [6.07, 6.45) is 15.9. The number of rotatable bonds is 4. The van der Waals surface area contributed by atoms with Gasteiger partial charge in [-0.2, -0.15) is 0 Å². The molecule has 179 valence electrons. The van der Waals surface area contributed by atoms with E-state index in [1.54, 1.807) is 36.7 Å². The molecule has 4 nitrogen and oxygen atoms in total. The fraction of sp³-hybridized carbons (Fsp3) is 0.462. The first kappa shape index (κ1) is 28.1. The number of hydrogen-bond acceptors (Lipinski definition) is 4. The maximum absolute atomic E-state index is 11.5. The molecular formula is C26H30Br2CoN2O2. The van der Waals surface area contributed by atoms with Crippen molar-refractivity contribution in [1.82, 2.24) is 0 Å². The average molecular weight is 621 g/mol. The molecule has 7 heteroatoms. The van der Waals surface area contributed by atoms with Crippen molar-refractivity contribution < 1.29 is 27.0 Å². The molecule has 33 heavy (non-hydrogen) atoms. The Labute approximate surface area is 224 Å². The van der Waals surface area contributed by atoms with Crippen LogP contribution in [0.5, 0.6) is 11.5 Å². The van der Waals surface area contributed by atoms with E-state index in [-0.39, 0.29) is 28.3 Å². The topological polar surface area (TPSA) is 70.8 Å². The van der Waals surface area contributed by atoms with Crippen LogP contribution in [0.4, 0.5) is 0 Å². The van der Waals surface area contributed by atoms with Gasteiger partial charge in [0.25, 0.3) is 0 Å². The van der Waals surface area contributed by atoms with E-state index in [0.29, 0.717) is 23.2 Å². The Hall–Kier alpha value is -1.15. The average Bonchev–Trinajstić information content (AvgIpc) is 2.82. The van der Waals surface area contributed by atoms with Crippen molar-refractivity contribution in [3.05, 3.63) is 56.5 Å². The van der Waals surface area contributed by atoms with Gasteiger partial charge in [-0.05, 0) is 61.1 Å². The quantitative estimate of drug-likeness (QED) is 0.364. The third-order valence-corrected chi connectivity index (χ3v) is 6.93. The molecule has 2 aliphatic rings. The zero-order valence-corrected chi connectivity index (χ0v) is 22.9. The van der Waals surface area contributed by atoms with Gasteiger partial charge in [0.1, 0.15) is 0 Å². The SMILES string of the molecule is [Co+2].[O-]c1ccc(Br)cc1C=NC1CCCCC1.[O-]c1ccc(Br)cc1C=NC1CCCCC1. The first-order valence-electron chi connectivity index (χ1n) is 11.5. The summed E-state index contributed by atoms with van der Waals surface area (Å²) in [7, 11) is 0. The van der Waals surface area contributed by atoms with E-state index in [1.807, 2.05) is 12.1 Å². The van der Waals surface area contributed by atoms with E-state index < -0.39 is 0 Å². The second kappa shape index (κ2) is 15.0. The molecule has 0 bridgehead atoms. The monoisotopic (exact) mass is 619 g/mol. The normalized spacial score (nSPS) is 17.5. The van der Waals surface area contributed by atoms with Crippen molar-refractivity contribution in [1.29, 1.82) is 0 Å². The van der Waals surface area contributed by atoms with Crippen LogP contribution in [0.3, 0.4) is 0 Å². The second-order valence-corrected chi connectivity index (χ2v) is 10.3. The van der Waals surface area contributed by atoms with E-state index in [1.165, 1.54) is 64.2 Å². The molecule has 2 aromatic carbocycles. The Morgan fingerprint density at radius 1 is 0.636 bits per heavy atom. The zero-order valence-electron chi connectivity index (χ0n) is 18.6. The van der Waals surface area contributed by atoms with Gasteiger partial charge in [0.05, 0.1) is 0 Å². The molecule has 2 saturated carbocycles. The van der Waals surface area contributed by atoms with Crippen LogP contribution in [0, 0.1) is 0 Å². The third kappa shape index (κ3) is 9.93. The molecule has 2 aromatic rings. The number of halogens is 2. The minimum atomic E-state index is 0.